The largest absolute Gasteiger partial charge is 0.416 e. The quantitative estimate of drug-likeness (QED) is 0.0979. The molecule has 0 unspecified atom stereocenters. The summed E-state index contributed by atoms with van der Waals surface area (Å²) in [6.07, 6.45) is -8.76. The number of alkyl halides is 6. The van der Waals surface area contributed by atoms with Gasteiger partial charge in [-0.15, -0.1) is 0 Å². The molecule has 0 saturated carbocycles. The average Bonchev–Trinajstić information content (AvgIpc) is 2.96. The van der Waals surface area contributed by atoms with Crippen molar-refractivity contribution in [2.24, 2.45) is 0 Å². The lowest BCUT2D eigenvalue weighted by molar-refractivity contribution is -0.138. The first kappa shape index (κ1) is 27.0. The summed E-state index contributed by atoms with van der Waals surface area (Å²) in [6.45, 7) is 0. The lowest BCUT2D eigenvalue weighted by Crippen LogP contribution is -2.04. The van der Waals surface area contributed by atoms with Gasteiger partial charge in [-0.2, -0.15) is 26.3 Å². The van der Waals surface area contributed by atoms with Crippen LogP contribution in [0.5, 0.6) is 0 Å². The summed E-state index contributed by atoms with van der Waals surface area (Å²) in [6, 6.07) is 29.4. The highest BCUT2D eigenvalue weighted by atomic mass is 19.4. The van der Waals surface area contributed by atoms with Crippen molar-refractivity contribution in [3.05, 3.63) is 143 Å². The molecule has 6 heteroatoms. The van der Waals surface area contributed by atoms with Gasteiger partial charge in [-0.25, -0.2) is 0 Å². The van der Waals surface area contributed by atoms with Crippen LogP contribution in [0.4, 0.5) is 26.3 Å². The van der Waals surface area contributed by atoms with Crippen LogP contribution in [0.2, 0.25) is 0 Å². The molecular weight excluding hydrogens is 546 g/mol. The molecule has 0 atom stereocenters. The Balaban J connectivity index is 1.27. The number of hydrogen-bond donors (Lipinski definition) is 0. The van der Waals surface area contributed by atoms with E-state index >= 15 is 0 Å². The van der Waals surface area contributed by atoms with Crippen molar-refractivity contribution in [2.75, 3.05) is 0 Å². The highest BCUT2D eigenvalue weighted by Gasteiger charge is 2.30. The van der Waals surface area contributed by atoms with Gasteiger partial charge in [-0.3, -0.25) is 0 Å². The Bertz CT molecular complexity index is 1940. The molecule has 0 heterocycles. The SMILES string of the molecule is FC(F)(F)c1ccc(C#Cc2ccc3cc4cc5cc(C#Cc6ccc(C(F)(F)F)cc6)ccc5cc4cc3c2)cc1. The second-order valence-corrected chi connectivity index (χ2v) is 9.83. The smallest absolute Gasteiger partial charge is 0.166 e. The molecule has 6 aromatic rings. The number of rotatable bonds is 0. The zero-order valence-corrected chi connectivity index (χ0v) is 21.7. The first-order valence-corrected chi connectivity index (χ1v) is 12.8. The van der Waals surface area contributed by atoms with Crippen LogP contribution in [0.3, 0.4) is 0 Å². The van der Waals surface area contributed by atoms with Gasteiger partial charge in [0.15, 0.2) is 0 Å². The second-order valence-electron chi connectivity index (χ2n) is 9.83. The van der Waals surface area contributed by atoms with Crippen LogP contribution < -0.4 is 0 Å². The fourth-order valence-corrected chi connectivity index (χ4v) is 4.68. The van der Waals surface area contributed by atoms with Gasteiger partial charge in [-0.05, 0) is 129 Å². The maximum absolute atomic E-state index is 12.8. The monoisotopic (exact) mass is 564 g/mol. The molecule has 0 bridgehead atoms. The van der Waals surface area contributed by atoms with Gasteiger partial charge in [0.05, 0.1) is 11.1 Å². The van der Waals surface area contributed by atoms with Crippen molar-refractivity contribution < 1.29 is 26.3 Å². The number of hydrogen-bond acceptors (Lipinski definition) is 0. The molecule has 0 N–H and O–H groups in total. The maximum atomic E-state index is 12.8. The third kappa shape index (κ3) is 5.80. The van der Waals surface area contributed by atoms with Gasteiger partial charge in [0, 0.05) is 22.3 Å². The Morgan fingerprint density at radius 3 is 0.952 bits per heavy atom. The van der Waals surface area contributed by atoms with E-state index in [4.69, 9.17) is 0 Å². The zero-order chi connectivity index (χ0) is 29.5. The van der Waals surface area contributed by atoms with Crippen LogP contribution in [0.15, 0.2) is 109 Å². The molecular formula is C36H18F6. The summed E-state index contributed by atoms with van der Waals surface area (Å²) in [7, 11) is 0. The van der Waals surface area contributed by atoms with E-state index in [0.717, 1.165) is 67.7 Å². The minimum atomic E-state index is -4.38. The summed E-state index contributed by atoms with van der Waals surface area (Å²) < 4.78 is 76.8. The van der Waals surface area contributed by atoms with Crippen LogP contribution in [0, 0.1) is 23.7 Å². The predicted octanol–water partition coefficient (Wildman–Crippen LogP) is 9.98. The third-order valence-corrected chi connectivity index (χ3v) is 6.88. The molecule has 0 amide bonds. The Morgan fingerprint density at radius 1 is 0.310 bits per heavy atom. The van der Waals surface area contributed by atoms with Crippen molar-refractivity contribution in [3.63, 3.8) is 0 Å². The summed E-state index contributed by atoms with van der Waals surface area (Å²) in [5.74, 6) is 11.9. The molecule has 0 nitrogen and oxygen atoms in total. The van der Waals surface area contributed by atoms with Crippen LogP contribution >= 0.6 is 0 Å². The number of benzene rings is 6. The molecule has 6 rings (SSSR count). The van der Waals surface area contributed by atoms with Crippen LogP contribution in [0.1, 0.15) is 33.4 Å². The molecule has 0 radical (unpaired) electrons. The van der Waals surface area contributed by atoms with Gasteiger partial charge in [0.2, 0.25) is 0 Å². The highest BCUT2D eigenvalue weighted by Crippen LogP contribution is 2.31. The molecule has 6 aromatic carbocycles. The topological polar surface area (TPSA) is 0 Å². The summed E-state index contributed by atoms with van der Waals surface area (Å²) in [5.41, 5.74) is 1.08. The van der Waals surface area contributed by atoms with E-state index in [1.807, 2.05) is 36.4 Å². The van der Waals surface area contributed by atoms with Crippen molar-refractivity contribution in [3.8, 4) is 23.7 Å². The minimum absolute atomic E-state index is 0.497. The van der Waals surface area contributed by atoms with Gasteiger partial charge in [0.25, 0.3) is 0 Å². The van der Waals surface area contributed by atoms with E-state index in [0.29, 0.717) is 11.1 Å². The van der Waals surface area contributed by atoms with E-state index < -0.39 is 23.5 Å². The van der Waals surface area contributed by atoms with Crippen LogP contribution in [-0.2, 0) is 12.4 Å². The third-order valence-electron chi connectivity index (χ3n) is 6.88. The summed E-state index contributed by atoms with van der Waals surface area (Å²) in [5, 5.41) is 6.07. The van der Waals surface area contributed by atoms with Gasteiger partial charge < -0.3 is 0 Å². The fraction of sp³-hybridized carbons (Fsp3) is 0.0556. The molecule has 204 valence electrons. The van der Waals surface area contributed by atoms with E-state index in [1.165, 1.54) is 24.3 Å². The van der Waals surface area contributed by atoms with Gasteiger partial charge >= 0.3 is 12.4 Å². The Kier molecular flexibility index (Phi) is 6.64. The lowest BCUT2D eigenvalue weighted by atomic mass is 9.98. The Morgan fingerprint density at radius 2 is 0.595 bits per heavy atom. The van der Waals surface area contributed by atoms with Gasteiger partial charge in [-0.1, -0.05) is 35.8 Å². The second kappa shape index (κ2) is 10.3. The molecule has 0 aliphatic rings. The average molecular weight is 565 g/mol. The van der Waals surface area contributed by atoms with Crippen molar-refractivity contribution >= 4 is 32.3 Å². The molecule has 0 aliphatic heterocycles. The zero-order valence-electron chi connectivity index (χ0n) is 21.7. The van der Waals surface area contributed by atoms with Crippen LogP contribution in [0.25, 0.3) is 32.3 Å². The molecule has 0 spiro atoms. The molecule has 0 aliphatic carbocycles. The fourth-order valence-electron chi connectivity index (χ4n) is 4.68. The number of fused-ring (bicyclic) bond motifs is 3. The Hall–Kier alpha value is -5.20. The molecule has 0 fully saturated rings. The first-order chi connectivity index (χ1) is 20.0. The molecule has 42 heavy (non-hydrogen) atoms. The maximum Gasteiger partial charge on any atom is 0.416 e. The van der Waals surface area contributed by atoms with Crippen molar-refractivity contribution in [1.82, 2.24) is 0 Å². The summed E-state index contributed by atoms with van der Waals surface area (Å²) in [4.78, 5) is 0. The standard InChI is InChI=1S/C36H18F6/c37-35(38,39)33-13-7-23(8-14-33)1-3-25-5-11-27-19-32-22-30-18-26(6-12-28(30)20-31(32)21-29(27)17-25)4-2-24-9-15-34(16-10-24)36(40,41)42/h5-22H. The van der Waals surface area contributed by atoms with E-state index in [1.54, 1.807) is 0 Å². The van der Waals surface area contributed by atoms with Crippen molar-refractivity contribution in [2.45, 2.75) is 12.4 Å². The number of halogens is 6. The van der Waals surface area contributed by atoms with E-state index in [2.05, 4.69) is 47.9 Å². The van der Waals surface area contributed by atoms with Gasteiger partial charge in [0.1, 0.15) is 0 Å². The summed E-state index contributed by atoms with van der Waals surface area (Å²) >= 11 is 0. The molecule has 0 saturated heterocycles. The predicted molar refractivity (Wildman–Crippen MR) is 154 cm³/mol. The van der Waals surface area contributed by atoms with E-state index in [9.17, 15) is 26.3 Å². The van der Waals surface area contributed by atoms with E-state index in [-0.39, 0.29) is 0 Å². The minimum Gasteiger partial charge on any atom is -0.166 e. The van der Waals surface area contributed by atoms with Crippen LogP contribution in [-0.4, -0.2) is 0 Å². The van der Waals surface area contributed by atoms with Crippen molar-refractivity contribution in [1.29, 1.82) is 0 Å². The lowest BCUT2D eigenvalue weighted by Gasteiger charge is -2.07. The first-order valence-electron chi connectivity index (χ1n) is 12.8. The highest BCUT2D eigenvalue weighted by molar-refractivity contribution is 6.05. The molecule has 0 aromatic heterocycles. The normalized spacial score (nSPS) is 11.7. The Labute approximate surface area is 237 Å².